The first-order chi connectivity index (χ1) is 19.1. The van der Waals surface area contributed by atoms with Crippen molar-refractivity contribution < 1.29 is 5.11 Å². The average Bonchev–Trinajstić information content (AvgIpc) is 2.95. The van der Waals surface area contributed by atoms with Crippen LogP contribution in [0.3, 0.4) is 0 Å². The van der Waals surface area contributed by atoms with Crippen LogP contribution in [0.5, 0.6) is 0 Å². The Morgan fingerprint density at radius 1 is 0.625 bits per heavy atom. The molecule has 4 heteroatoms. The molecule has 3 aromatic carbocycles. The van der Waals surface area contributed by atoms with Gasteiger partial charge in [0.1, 0.15) is 0 Å². The fourth-order valence-corrected chi connectivity index (χ4v) is 6.46. The third kappa shape index (κ3) is 12.0. The number of rotatable bonds is 21. The van der Waals surface area contributed by atoms with E-state index in [1.165, 1.54) is 124 Å². The first-order valence-corrected chi connectivity index (χ1v) is 16.9. The minimum Gasteiger partial charge on any atom is -0.387 e. The monoisotopic (exact) mass is 631 g/mol. The predicted molar refractivity (Wildman–Crippen MR) is 183 cm³/mol. The van der Waals surface area contributed by atoms with Crippen molar-refractivity contribution in [3.63, 3.8) is 0 Å². The molecule has 0 aliphatic carbocycles. The van der Waals surface area contributed by atoms with Crippen molar-refractivity contribution in [2.45, 2.75) is 123 Å². The van der Waals surface area contributed by atoms with Crippen LogP contribution in [0, 0.1) is 0 Å². The Bertz CT molecular complexity index is 1070. The van der Waals surface area contributed by atoms with Gasteiger partial charge in [0, 0.05) is 11.0 Å². The number of hydrogen-bond donors (Lipinski definition) is 1. The van der Waals surface area contributed by atoms with Gasteiger partial charge in [0.2, 0.25) is 0 Å². The van der Waals surface area contributed by atoms with Crippen LogP contribution < -0.4 is 0 Å². The highest BCUT2D eigenvalue weighted by atomic mass is 79.9. The van der Waals surface area contributed by atoms with Gasteiger partial charge in [-0.25, -0.2) is 0 Å². The highest BCUT2D eigenvalue weighted by Gasteiger charge is 2.15. The van der Waals surface area contributed by atoms with Gasteiger partial charge in [-0.3, -0.25) is 0 Å². The standard InChI is InChI=1S/C36H54BrNO.ClH/c1-3-5-7-9-11-13-15-19-25-38(26-20-16-14-12-10-8-6-4-2)29-36(39)31-24-23-30-28-35(37)33-22-18-17-21-32(33)34(30)27-31;/h17-18,21-24,27-28,36,39H,3-16,19-20,25-26,29H2,1-2H3;1H. The molecule has 0 fully saturated rings. The van der Waals surface area contributed by atoms with E-state index < -0.39 is 6.10 Å². The molecular formula is C36H55BrClNO. The Hall–Kier alpha value is -1.13. The fraction of sp³-hybridized carbons (Fsp3) is 0.611. The summed E-state index contributed by atoms with van der Waals surface area (Å²) in [7, 11) is 0. The van der Waals surface area contributed by atoms with E-state index >= 15 is 0 Å². The minimum atomic E-state index is -0.458. The molecule has 0 amide bonds. The Balaban J connectivity index is 0.00000560. The molecule has 0 bridgehead atoms. The second kappa shape index (κ2) is 20.7. The molecule has 0 saturated carbocycles. The van der Waals surface area contributed by atoms with E-state index in [0.29, 0.717) is 0 Å². The maximum atomic E-state index is 11.4. The quantitative estimate of drug-likeness (QED) is 0.0932. The number of aliphatic hydroxyl groups is 1. The van der Waals surface area contributed by atoms with Gasteiger partial charge in [-0.05, 0) is 65.2 Å². The van der Waals surface area contributed by atoms with Crippen LogP contribution in [-0.4, -0.2) is 29.6 Å². The molecule has 0 spiro atoms. The van der Waals surface area contributed by atoms with Gasteiger partial charge in [0.05, 0.1) is 6.10 Å². The van der Waals surface area contributed by atoms with Crippen molar-refractivity contribution in [2.75, 3.05) is 19.6 Å². The third-order valence-electron chi connectivity index (χ3n) is 8.31. The van der Waals surface area contributed by atoms with Crippen molar-refractivity contribution in [1.82, 2.24) is 4.90 Å². The van der Waals surface area contributed by atoms with Crippen LogP contribution in [-0.2, 0) is 0 Å². The SMILES string of the molecule is CCCCCCCCCCN(CCCCCCCCCC)CC(O)c1ccc2cc(Br)c3ccccc3c2c1.Cl. The molecule has 0 heterocycles. The van der Waals surface area contributed by atoms with E-state index in [0.717, 1.165) is 29.7 Å². The summed E-state index contributed by atoms with van der Waals surface area (Å²) in [4.78, 5) is 2.54. The molecule has 0 aromatic heterocycles. The van der Waals surface area contributed by atoms with Crippen LogP contribution in [0.2, 0.25) is 0 Å². The Labute approximate surface area is 259 Å². The molecule has 3 rings (SSSR count). The van der Waals surface area contributed by atoms with Crippen molar-refractivity contribution in [3.8, 4) is 0 Å². The molecule has 1 unspecified atom stereocenters. The highest BCUT2D eigenvalue weighted by Crippen LogP contribution is 2.33. The maximum Gasteiger partial charge on any atom is 0.0917 e. The Morgan fingerprint density at radius 2 is 1.12 bits per heavy atom. The Morgan fingerprint density at radius 3 is 1.68 bits per heavy atom. The second-order valence-corrected chi connectivity index (χ2v) is 12.5. The zero-order valence-electron chi connectivity index (χ0n) is 25.3. The van der Waals surface area contributed by atoms with Crippen molar-refractivity contribution >= 4 is 49.9 Å². The van der Waals surface area contributed by atoms with Crippen LogP contribution in [0.1, 0.15) is 128 Å². The molecule has 1 atom stereocenters. The summed E-state index contributed by atoms with van der Waals surface area (Å²) in [5, 5.41) is 16.3. The van der Waals surface area contributed by atoms with Crippen molar-refractivity contribution in [2.24, 2.45) is 0 Å². The fourth-order valence-electron chi connectivity index (χ4n) is 5.86. The summed E-state index contributed by atoms with van der Waals surface area (Å²) in [5.41, 5.74) is 1.03. The molecule has 0 radical (unpaired) electrons. The van der Waals surface area contributed by atoms with Crippen molar-refractivity contribution in [3.05, 3.63) is 58.6 Å². The Kier molecular flexibility index (Phi) is 18.1. The van der Waals surface area contributed by atoms with E-state index in [-0.39, 0.29) is 12.4 Å². The number of hydrogen-bond acceptors (Lipinski definition) is 2. The highest BCUT2D eigenvalue weighted by molar-refractivity contribution is 9.10. The van der Waals surface area contributed by atoms with Gasteiger partial charge in [0.25, 0.3) is 0 Å². The topological polar surface area (TPSA) is 23.5 Å². The van der Waals surface area contributed by atoms with E-state index in [1.807, 2.05) is 0 Å². The minimum absolute atomic E-state index is 0. The zero-order valence-corrected chi connectivity index (χ0v) is 27.7. The number of benzene rings is 3. The van der Waals surface area contributed by atoms with Gasteiger partial charge < -0.3 is 10.0 Å². The van der Waals surface area contributed by atoms with Crippen LogP contribution >= 0.6 is 28.3 Å². The lowest BCUT2D eigenvalue weighted by atomic mass is 9.98. The van der Waals surface area contributed by atoms with Gasteiger partial charge in [-0.15, -0.1) is 12.4 Å². The second-order valence-electron chi connectivity index (χ2n) is 11.7. The summed E-state index contributed by atoms with van der Waals surface area (Å²) in [6.07, 6.45) is 21.1. The summed E-state index contributed by atoms with van der Waals surface area (Å²) in [5.74, 6) is 0. The zero-order chi connectivity index (χ0) is 27.7. The number of halogens is 2. The van der Waals surface area contributed by atoms with Gasteiger partial charge >= 0.3 is 0 Å². The summed E-state index contributed by atoms with van der Waals surface area (Å²) < 4.78 is 1.13. The molecule has 0 saturated heterocycles. The van der Waals surface area contributed by atoms with Crippen LogP contribution in [0.25, 0.3) is 21.5 Å². The molecule has 0 aliphatic rings. The van der Waals surface area contributed by atoms with E-state index in [4.69, 9.17) is 0 Å². The molecule has 0 aliphatic heterocycles. The number of aliphatic hydroxyl groups excluding tert-OH is 1. The average molecular weight is 633 g/mol. The van der Waals surface area contributed by atoms with Gasteiger partial charge in [-0.2, -0.15) is 0 Å². The summed E-state index contributed by atoms with van der Waals surface area (Å²) >= 11 is 3.74. The maximum absolute atomic E-state index is 11.4. The third-order valence-corrected chi connectivity index (χ3v) is 8.96. The smallest absolute Gasteiger partial charge is 0.0917 e. The largest absolute Gasteiger partial charge is 0.387 e. The number of fused-ring (bicyclic) bond motifs is 3. The van der Waals surface area contributed by atoms with Gasteiger partial charge in [0.15, 0.2) is 0 Å². The van der Waals surface area contributed by atoms with Crippen LogP contribution in [0.15, 0.2) is 53.0 Å². The molecular weight excluding hydrogens is 578 g/mol. The van der Waals surface area contributed by atoms with Gasteiger partial charge in [-0.1, -0.05) is 156 Å². The predicted octanol–water partition coefficient (Wildman–Crippen LogP) is 11.8. The molecule has 224 valence electrons. The summed E-state index contributed by atoms with van der Waals surface area (Å²) in [6.45, 7) is 7.51. The van der Waals surface area contributed by atoms with E-state index in [2.05, 4.69) is 83.2 Å². The number of nitrogens with zero attached hydrogens (tertiary/aromatic N) is 1. The van der Waals surface area contributed by atoms with Crippen LogP contribution in [0.4, 0.5) is 0 Å². The lowest BCUT2D eigenvalue weighted by Crippen LogP contribution is -2.31. The lowest BCUT2D eigenvalue weighted by molar-refractivity contribution is 0.110. The first-order valence-electron chi connectivity index (χ1n) is 16.1. The first kappa shape index (κ1) is 35.1. The van der Waals surface area contributed by atoms with E-state index in [9.17, 15) is 5.11 Å². The molecule has 3 aromatic rings. The molecule has 2 nitrogen and oxygen atoms in total. The normalized spacial score (nSPS) is 12.3. The van der Waals surface area contributed by atoms with Crippen molar-refractivity contribution in [1.29, 1.82) is 0 Å². The molecule has 1 N–H and O–H groups in total. The summed E-state index contributed by atoms with van der Waals surface area (Å²) in [6, 6.07) is 17.3. The molecule has 40 heavy (non-hydrogen) atoms. The van der Waals surface area contributed by atoms with E-state index in [1.54, 1.807) is 0 Å². The number of unbranched alkanes of at least 4 members (excludes halogenated alkanes) is 14. The lowest BCUT2D eigenvalue weighted by Gasteiger charge is -2.26.